The van der Waals surface area contributed by atoms with E-state index in [-0.39, 0.29) is 17.3 Å². The number of rotatable bonds is 9. The molecular weight excluding hydrogens is 395 g/mol. The van der Waals surface area contributed by atoms with Crippen LogP contribution in [0, 0.1) is 5.82 Å². The van der Waals surface area contributed by atoms with Crippen molar-refractivity contribution in [3.8, 4) is 11.5 Å². The first-order chi connectivity index (χ1) is 14.9. The van der Waals surface area contributed by atoms with Crippen LogP contribution < -0.4 is 20.1 Å². The summed E-state index contributed by atoms with van der Waals surface area (Å²) in [5, 5.41) is 6.86. The minimum atomic E-state index is -0.185. The number of hydrogen-bond acceptors (Lipinski definition) is 4. The first-order valence-corrected chi connectivity index (χ1v) is 10.5. The van der Waals surface area contributed by atoms with Gasteiger partial charge < -0.3 is 25.0 Å². The predicted octanol–water partition coefficient (Wildman–Crippen LogP) is 3.34. The molecule has 2 aromatic carbocycles. The highest BCUT2D eigenvalue weighted by Gasteiger charge is 2.44. The van der Waals surface area contributed by atoms with Crippen LogP contribution in [0.2, 0.25) is 0 Å². The van der Waals surface area contributed by atoms with E-state index in [1.54, 1.807) is 33.4 Å². The second kappa shape index (κ2) is 10.0. The molecule has 1 aliphatic rings. The maximum Gasteiger partial charge on any atom is 0.191 e. The number of benzene rings is 2. The van der Waals surface area contributed by atoms with Gasteiger partial charge in [0.05, 0.1) is 20.3 Å². The number of nitrogens with zero attached hydrogens (tertiary/aromatic N) is 2. The van der Waals surface area contributed by atoms with Crippen molar-refractivity contribution >= 4 is 5.96 Å². The lowest BCUT2D eigenvalue weighted by molar-refractivity contribution is 0.295. The second-order valence-corrected chi connectivity index (χ2v) is 8.19. The summed E-state index contributed by atoms with van der Waals surface area (Å²) >= 11 is 0. The van der Waals surface area contributed by atoms with Gasteiger partial charge in [0.15, 0.2) is 17.5 Å². The van der Waals surface area contributed by atoms with Crippen LogP contribution in [0.5, 0.6) is 11.5 Å². The molecule has 1 aliphatic carbocycles. The van der Waals surface area contributed by atoms with Crippen LogP contribution in [0.25, 0.3) is 0 Å². The number of likely N-dealkylation sites (N-methyl/N-ethyl adjacent to an activating group) is 1. The summed E-state index contributed by atoms with van der Waals surface area (Å²) < 4.78 is 24.5. The largest absolute Gasteiger partial charge is 0.493 e. The van der Waals surface area contributed by atoms with Crippen molar-refractivity contribution in [2.24, 2.45) is 4.99 Å². The van der Waals surface area contributed by atoms with E-state index in [2.05, 4.69) is 20.5 Å². The molecule has 7 heteroatoms. The summed E-state index contributed by atoms with van der Waals surface area (Å²) in [5.41, 5.74) is 2.15. The van der Waals surface area contributed by atoms with E-state index < -0.39 is 0 Å². The van der Waals surface area contributed by atoms with E-state index in [1.807, 2.05) is 38.4 Å². The van der Waals surface area contributed by atoms with Crippen molar-refractivity contribution in [3.05, 3.63) is 59.4 Å². The van der Waals surface area contributed by atoms with Gasteiger partial charge in [-0.15, -0.1) is 0 Å². The number of ether oxygens (including phenoxy) is 2. The van der Waals surface area contributed by atoms with E-state index in [0.717, 1.165) is 36.5 Å². The predicted molar refractivity (Wildman–Crippen MR) is 123 cm³/mol. The molecule has 2 N–H and O–H groups in total. The fourth-order valence-corrected chi connectivity index (χ4v) is 3.86. The summed E-state index contributed by atoms with van der Waals surface area (Å²) in [4.78, 5) is 6.52. The lowest BCUT2D eigenvalue weighted by Gasteiger charge is -2.27. The highest BCUT2D eigenvalue weighted by Crippen LogP contribution is 2.47. The summed E-state index contributed by atoms with van der Waals surface area (Å²) in [7, 11) is 9.13. The van der Waals surface area contributed by atoms with Crippen molar-refractivity contribution in [1.82, 2.24) is 15.5 Å². The molecule has 31 heavy (non-hydrogen) atoms. The topological polar surface area (TPSA) is 58.1 Å². The third kappa shape index (κ3) is 5.47. The van der Waals surface area contributed by atoms with Crippen LogP contribution >= 0.6 is 0 Å². The Morgan fingerprint density at radius 2 is 1.84 bits per heavy atom. The fraction of sp³-hybridized carbons (Fsp3) is 0.458. The third-order valence-corrected chi connectivity index (χ3v) is 5.99. The Morgan fingerprint density at radius 1 is 1.10 bits per heavy atom. The second-order valence-electron chi connectivity index (χ2n) is 8.19. The minimum absolute atomic E-state index is 0.00990. The van der Waals surface area contributed by atoms with Gasteiger partial charge in [0, 0.05) is 25.6 Å². The molecule has 0 aromatic heterocycles. The van der Waals surface area contributed by atoms with Crippen molar-refractivity contribution in [1.29, 1.82) is 0 Å². The van der Waals surface area contributed by atoms with Gasteiger partial charge in [-0.2, -0.15) is 0 Å². The lowest BCUT2D eigenvalue weighted by Crippen LogP contribution is -2.44. The zero-order chi connectivity index (χ0) is 22.4. The minimum Gasteiger partial charge on any atom is -0.493 e. The van der Waals surface area contributed by atoms with Crippen molar-refractivity contribution in [2.75, 3.05) is 48.5 Å². The Kier molecular flexibility index (Phi) is 7.38. The molecular formula is C24H33FN4O2. The number of halogens is 1. The van der Waals surface area contributed by atoms with Crippen LogP contribution in [0.1, 0.15) is 30.0 Å². The number of methoxy groups -OCH3 is 2. The molecule has 1 unspecified atom stereocenters. The van der Waals surface area contributed by atoms with E-state index in [4.69, 9.17) is 9.47 Å². The molecule has 3 rings (SSSR count). The average molecular weight is 429 g/mol. The van der Waals surface area contributed by atoms with E-state index in [0.29, 0.717) is 18.0 Å². The zero-order valence-corrected chi connectivity index (χ0v) is 19.0. The van der Waals surface area contributed by atoms with Crippen molar-refractivity contribution in [3.63, 3.8) is 0 Å². The molecule has 6 nitrogen and oxygen atoms in total. The average Bonchev–Trinajstić information content (AvgIpc) is 3.56. The van der Waals surface area contributed by atoms with Gasteiger partial charge >= 0.3 is 0 Å². The number of aliphatic imine (C=N–C) groups is 1. The number of nitrogens with one attached hydrogen (secondary N) is 2. The molecule has 168 valence electrons. The molecule has 0 amide bonds. The Balaban J connectivity index is 1.63. The van der Waals surface area contributed by atoms with Gasteiger partial charge in [0.1, 0.15) is 5.82 Å². The quantitative estimate of drug-likeness (QED) is 0.474. The highest BCUT2D eigenvalue weighted by molar-refractivity contribution is 5.80. The Hall–Kier alpha value is -2.80. The summed E-state index contributed by atoms with van der Waals surface area (Å²) in [5.74, 6) is 1.96. The van der Waals surface area contributed by atoms with Crippen LogP contribution in [0.3, 0.4) is 0 Å². The fourth-order valence-electron chi connectivity index (χ4n) is 3.86. The number of guanidine groups is 1. The molecule has 0 heterocycles. The summed E-state index contributed by atoms with van der Waals surface area (Å²) in [6, 6.07) is 13.0. The SMILES string of the molecule is CN=C(NCC(c1ccc(OC)c(OC)c1)N(C)C)NCC1(c2cccc(F)c2)CC1. The standard InChI is InChI=1S/C24H33FN4O2/c1-26-23(28-16-24(11-12-24)18-7-6-8-19(25)14-18)27-15-20(29(2)3)17-9-10-21(30-4)22(13-17)31-5/h6-10,13-14,20H,11-12,15-16H2,1-5H3,(H2,26,27,28). The monoisotopic (exact) mass is 428 g/mol. The van der Waals surface area contributed by atoms with Gasteiger partial charge in [-0.05, 0) is 62.3 Å². The highest BCUT2D eigenvalue weighted by atomic mass is 19.1. The first-order valence-electron chi connectivity index (χ1n) is 10.5. The molecule has 0 saturated heterocycles. The maximum atomic E-state index is 13.7. The lowest BCUT2D eigenvalue weighted by atomic mass is 9.96. The molecule has 1 atom stereocenters. The molecule has 0 spiro atoms. The van der Waals surface area contributed by atoms with Crippen molar-refractivity contribution < 1.29 is 13.9 Å². The van der Waals surface area contributed by atoms with Gasteiger partial charge in [-0.3, -0.25) is 4.99 Å². The van der Waals surface area contributed by atoms with Crippen molar-refractivity contribution in [2.45, 2.75) is 24.3 Å². The van der Waals surface area contributed by atoms with Gasteiger partial charge in [0.2, 0.25) is 0 Å². The Labute approximate surface area is 184 Å². The molecule has 0 bridgehead atoms. The van der Waals surface area contributed by atoms with Gasteiger partial charge in [0.25, 0.3) is 0 Å². The van der Waals surface area contributed by atoms with Gasteiger partial charge in [-0.25, -0.2) is 4.39 Å². The van der Waals surface area contributed by atoms with E-state index in [9.17, 15) is 4.39 Å². The molecule has 1 fully saturated rings. The van der Waals surface area contributed by atoms with Gasteiger partial charge in [-0.1, -0.05) is 18.2 Å². The van der Waals surface area contributed by atoms with E-state index in [1.165, 1.54) is 6.07 Å². The molecule has 0 aliphatic heterocycles. The summed E-state index contributed by atoms with van der Waals surface area (Å²) in [6.45, 7) is 1.38. The summed E-state index contributed by atoms with van der Waals surface area (Å²) in [6.07, 6.45) is 2.10. The normalized spacial score (nSPS) is 16.0. The number of hydrogen-bond donors (Lipinski definition) is 2. The molecule has 0 radical (unpaired) electrons. The van der Waals surface area contributed by atoms with Crippen LogP contribution in [0.15, 0.2) is 47.5 Å². The Morgan fingerprint density at radius 3 is 2.42 bits per heavy atom. The maximum absolute atomic E-state index is 13.7. The molecule has 1 saturated carbocycles. The zero-order valence-electron chi connectivity index (χ0n) is 19.0. The van der Waals surface area contributed by atoms with E-state index >= 15 is 0 Å². The molecule has 2 aromatic rings. The smallest absolute Gasteiger partial charge is 0.191 e. The first kappa shape index (κ1) is 22.9. The Bertz CT molecular complexity index is 912. The van der Waals surface area contributed by atoms with Crippen LogP contribution in [-0.2, 0) is 5.41 Å². The third-order valence-electron chi connectivity index (χ3n) is 5.99. The van der Waals surface area contributed by atoms with Crippen LogP contribution in [0.4, 0.5) is 4.39 Å². The van der Waals surface area contributed by atoms with Crippen LogP contribution in [-0.4, -0.2) is 59.3 Å².